The summed E-state index contributed by atoms with van der Waals surface area (Å²) in [6.07, 6.45) is 102. The van der Waals surface area contributed by atoms with Crippen molar-refractivity contribution in [1.82, 2.24) is 5.32 Å². The van der Waals surface area contributed by atoms with Crippen LogP contribution in [0.1, 0.15) is 361 Å². The highest BCUT2D eigenvalue weighted by Gasteiger charge is 2.28. The number of likely N-dealkylation sites (N-methyl/N-ethyl adjacent to an activating group) is 1. The molecule has 9 heteroatoms. The van der Waals surface area contributed by atoms with E-state index in [4.69, 9.17) is 9.05 Å². The highest BCUT2D eigenvalue weighted by atomic mass is 31.2. The van der Waals surface area contributed by atoms with Crippen LogP contribution >= 0.6 is 7.82 Å². The Balaban J connectivity index is 3.98. The fourth-order valence-corrected chi connectivity index (χ4v) is 12.2. The van der Waals surface area contributed by atoms with E-state index in [2.05, 4.69) is 116 Å². The van der Waals surface area contributed by atoms with Gasteiger partial charge in [0, 0.05) is 6.42 Å². The molecule has 0 bridgehead atoms. The second-order valence-electron chi connectivity index (χ2n) is 27.4. The average Bonchev–Trinajstić information content (AvgIpc) is 3.09. The largest absolute Gasteiger partial charge is 0.472 e. The van der Waals surface area contributed by atoms with Gasteiger partial charge in [0.1, 0.15) is 13.2 Å². The molecule has 8 nitrogen and oxygen atoms in total. The zero-order valence-electron chi connectivity index (χ0n) is 60.1. The first-order chi connectivity index (χ1) is 44.0. The number of hydrogen-bond acceptors (Lipinski definition) is 5. The predicted octanol–water partition coefficient (Wildman–Crippen LogP) is 25.2. The zero-order chi connectivity index (χ0) is 65.5. The van der Waals surface area contributed by atoms with E-state index in [9.17, 15) is 19.4 Å². The van der Waals surface area contributed by atoms with Gasteiger partial charge in [0.05, 0.1) is 39.9 Å². The van der Waals surface area contributed by atoms with Crippen molar-refractivity contribution in [3.05, 3.63) is 97.2 Å². The molecule has 0 aromatic heterocycles. The number of phosphoric ester groups is 1. The number of rotatable bonds is 71. The fourth-order valence-electron chi connectivity index (χ4n) is 11.4. The summed E-state index contributed by atoms with van der Waals surface area (Å²) in [5, 5.41) is 14.2. The monoisotopic (exact) mass is 1280 g/mol. The van der Waals surface area contributed by atoms with Gasteiger partial charge >= 0.3 is 7.82 Å². The quantitative estimate of drug-likeness (QED) is 0.0243. The first-order valence-corrected chi connectivity index (χ1v) is 40.1. The lowest BCUT2D eigenvalue weighted by molar-refractivity contribution is -0.870. The lowest BCUT2D eigenvalue weighted by Crippen LogP contribution is -2.46. The van der Waals surface area contributed by atoms with Crippen molar-refractivity contribution in [3.63, 3.8) is 0 Å². The van der Waals surface area contributed by atoms with Crippen molar-refractivity contribution in [3.8, 4) is 0 Å². The molecule has 3 N–H and O–H groups in total. The molecular formula is C81H150N2O6P+. The Labute approximate surface area is 559 Å². The third-order valence-electron chi connectivity index (χ3n) is 17.3. The van der Waals surface area contributed by atoms with Crippen LogP contribution in [-0.2, 0) is 18.4 Å². The van der Waals surface area contributed by atoms with Gasteiger partial charge in [-0.05, 0) is 77.0 Å². The van der Waals surface area contributed by atoms with Gasteiger partial charge in [0.15, 0.2) is 0 Å². The highest BCUT2D eigenvalue weighted by molar-refractivity contribution is 7.47. The first-order valence-electron chi connectivity index (χ1n) is 38.6. The number of nitrogens with zero attached hydrogens (tertiary/aromatic N) is 1. The molecule has 0 aliphatic carbocycles. The number of amides is 1. The zero-order valence-corrected chi connectivity index (χ0v) is 61.0. The van der Waals surface area contributed by atoms with Crippen molar-refractivity contribution in [2.75, 3.05) is 40.9 Å². The highest BCUT2D eigenvalue weighted by Crippen LogP contribution is 2.43. The summed E-state index contributed by atoms with van der Waals surface area (Å²) in [7, 11) is 1.62. The number of phosphoric acid groups is 1. The number of aliphatic hydroxyl groups is 1. The van der Waals surface area contributed by atoms with E-state index in [0.29, 0.717) is 23.9 Å². The van der Waals surface area contributed by atoms with E-state index in [0.717, 1.165) is 89.9 Å². The SMILES string of the molecule is CC/C=C\C/C=C\C/C=C\C/C=C\C/C=C\C/C=C\C/C=C\C/C=C\CCCCCCCCCCCCCCCCCCC(=O)NC(COP(=O)(O)OCC[N+](C)(C)C)C(O)CCCCCCCCCCCCCCCCCCCCCCCCCCCCC. The van der Waals surface area contributed by atoms with Crippen LogP contribution in [-0.4, -0.2) is 73.4 Å². The van der Waals surface area contributed by atoms with Crippen LogP contribution in [0.3, 0.4) is 0 Å². The molecule has 0 saturated heterocycles. The smallest absolute Gasteiger partial charge is 0.391 e. The van der Waals surface area contributed by atoms with Gasteiger partial charge < -0.3 is 19.8 Å². The number of carbonyl (C=O) groups excluding carboxylic acids is 1. The maximum atomic E-state index is 13.1. The van der Waals surface area contributed by atoms with Crippen molar-refractivity contribution in [2.45, 2.75) is 373 Å². The van der Waals surface area contributed by atoms with Crippen molar-refractivity contribution in [1.29, 1.82) is 0 Å². The van der Waals surface area contributed by atoms with Crippen LogP contribution in [0.15, 0.2) is 97.2 Å². The maximum Gasteiger partial charge on any atom is 0.472 e. The van der Waals surface area contributed by atoms with Gasteiger partial charge in [0.25, 0.3) is 0 Å². The molecule has 0 radical (unpaired) electrons. The molecule has 0 heterocycles. The number of aliphatic hydroxyl groups excluding tert-OH is 1. The molecule has 0 aromatic carbocycles. The topological polar surface area (TPSA) is 105 Å². The Hall–Kier alpha value is -2.58. The third-order valence-corrected chi connectivity index (χ3v) is 18.3. The minimum absolute atomic E-state index is 0.0735. The normalized spacial score (nSPS) is 14.1. The fraction of sp³-hybridized carbons (Fsp3) is 0.790. The standard InChI is InChI=1S/C81H149N2O6P/c1-6-8-10-12-14-16-18-20-22-24-26-28-30-32-34-35-36-37-38-39-40-41-42-43-44-45-46-47-49-51-53-55-57-59-61-63-65-67-69-71-73-75-81(85)82-79(78-89-90(86,87)88-77-76-83(3,4)5)80(84)74-72-70-68-66-64-62-60-58-56-54-52-50-48-33-31-29-27-25-23-21-19-17-15-13-11-9-7-2/h8,10,14,16,20,22,26,28,32,34,36-37,39-40,42-43,79-80,84H,6-7,9,11-13,15,17-19,21,23-25,27,29-31,33,35,38,41,44-78H2,1-5H3,(H-,82,85,86,87)/p+1/b10-8-,16-14-,22-20-,28-26-,34-32-,37-36-,40-39-,43-42-. The number of unbranched alkanes of at least 4 members (excludes halogenated alkanes) is 42. The van der Waals surface area contributed by atoms with Crippen molar-refractivity contribution in [2.24, 2.45) is 0 Å². The molecule has 524 valence electrons. The lowest BCUT2D eigenvalue weighted by Gasteiger charge is -2.26. The lowest BCUT2D eigenvalue weighted by atomic mass is 10.0. The van der Waals surface area contributed by atoms with Gasteiger partial charge in [-0.2, -0.15) is 0 Å². The number of nitrogens with one attached hydrogen (secondary N) is 1. The van der Waals surface area contributed by atoms with Gasteiger partial charge in [-0.3, -0.25) is 13.8 Å². The van der Waals surface area contributed by atoms with Gasteiger partial charge in [-0.1, -0.05) is 374 Å². The van der Waals surface area contributed by atoms with Gasteiger partial charge in [-0.15, -0.1) is 0 Å². The summed E-state index contributed by atoms with van der Waals surface area (Å²) in [6.45, 7) is 4.82. The average molecular weight is 1280 g/mol. The van der Waals surface area contributed by atoms with Crippen LogP contribution in [0.2, 0.25) is 0 Å². The Morgan fingerprint density at radius 3 is 0.978 bits per heavy atom. The predicted molar refractivity (Wildman–Crippen MR) is 396 cm³/mol. The van der Waals surface area contributed by atoms with Gasteiger partial charge in [-0.25, -0.2) is 4.57 Å². The number of allylic oxidation sites excluding steroid dienone is 16. The van der Waals surface area contributed by atoms with Gasteiger partial charge in [0.2, 0.25) is 5.91 Å². The first kappa shape index (κ1) is 87.4. The van der Waals surface area contributed by atoms with Crippen LogP contribution < -0.4 is 5.32 Å². The molecule has 3 unspecified atom stereocenters. The van der Waals surface area contributed by atoms with Crippen LogP contribution in [0, 0.1) is 0 Å². The van der Waals surface area contributed by atoms with E-state index >= 15 is 0 Å². The summed E-state index contributed by atoms with van der Waals surface area (Å²) in [5.74, 6) is -0.141. The molecule has 90 heavy (non-hydrogen) atoms. The summed E-state index contributed by atoms with van der Waals surface area (Å²) >= 11 is 0. The molecule has 1 amide bonds. The number of hydrogen-bond donors (Lipinski definition) is 3. The molecule has 0 fully saturated rings. The molecule has 0 aromatic rings. The number of carbonyl (C=O) groups is 1. The third kappa shape index (κ3) is 72.8. The molecule has 0 saturated carbocycles. The van der Waals surface area contributed by atoms with E-state index < -0.39 is 20.0 Å². The minimum atomic E-state index is -4.34. The molecule has 0 aliphatic rings. The Bertz CT molecular complexity index is 1790. The Morgan fingerprint density at radius 1 is 0.389 bits per heavy atom. The van der Waals surface area contributed by atoms with Crippen molar-refractivity contribution < 1.29 is 32.9 Å². The Kier molecular flexibility index (Phi) is 68.7. The number of quaternary nitrogens is 1. The Morgan fingerprint density at radius 2 is 0.667 bits per heavy atom. The van der Waals surface area contributed by atoms with Crippen LogP contribution in [0.4, 0.5) is 0 Å². The molecule has 3 atom stereocenters. The van der Waals surface area contributed by atoms with E-state index in [1.807, 2.05) is 21.1 Å². The molecule has 0 aliphatic heterocycles. The molecular weight excluding hydrogens is 1130 g/mol. The maximum absolute atomic E-state index is 13.1. The second kappa shape index (κ2) is 70.7. The molecule has 0 spiro atoms. The second-order valence-corrected chi connectivity index (χ2v) is 28.8. The molecule has 0 rings (SSSR count). The summed E-state index contributed by atoms with van der Waals surface area (Å²) in [5.41, 5.74) is 0. The van der Waals surface area contributed by atoms with E-state index in [1.54, 1.807) is 0 Å². The van der Waals surface area contributed by atoms with Crippen molar-refractivity contribution >= 4 is 13.7 Å². The summed E-state index contributed by atoms with van der Waals surface area (Å²) in [6, 6.07) is -0.766. The van der Waals surface area contributed by atoms with E-state index in [1.165, 1.54) is 244 Å². The summed E-state index contributed by atoms with van der Waals surface area (Å²) < 4.78 is 23.9. The van der Waals surface area contributed by atoms with Crippen LogP contribution in [0.25, 0.3) is 0 Å². The minimum Gasteiger partial charge on any atom is -0.391 e. The summed E-state index contributed by atoms with van der Waals surface area (Å²) in [4.78, 5) is 23.5. The van der Waals surface area contributed by atoms with Crippen LogP contribution in [0.5, 0.6) is 0 Å². The van der Waals surface area contributed by atoms with E-state index in [-0.39, 0.29) is 19.1 Å².